The second-order valence-corrected chi connectivity index (χ2v) is 8.57. The van der Waals surface area contributed by atoms with Crippen molar-refractivity contribution in [3.05, 3.63) is 70.2 Å². The van der Waals surface area contributed by atoms with E-state index in [9.17, 15) is 13.2 Å². The Morgan fingerprint density at radius 2 is 1.97 bits per heavy atom. The number of aromatic nitrogens is 2. The minimum atomic E-state index is -4.51. The van der Waals surface area contributed by atoms with Crippen LogP contribution >= 0.6 is 11.6 Å². The van der Waals surface area contributed by atoms with Gasteiger partial charge in [0.15, 0.2) is 5.76 Å². The van der Waals surface area contributed by atoms with Gasteiger partial charge in [-0.05, 0) is 49.1 Å². The molecule has 168 valence electrons. The third kappa shape index (κ3) is 3.72. The fourth-order valence-electron chi connectivity index (χ4n) is 4.25. The number of imidazole rings is 1. The normalized spacial score (nSPS) is 19.2. The van der Waals surface area contributed by atoms with Crippen molar-refractivity contribution in [1.82, 2.24) is 9.55 Å². The monoisotopic (exact) mass is 462 g/mol. The van der Waals surface area contributed by atoms with Crippen LogP contribution in [0.15, 0.2) is 48.5 Å². The predicted molar refractivity (Wildman–Crippen MR) is 116 cm³/mol. The number of nitrogens with zero attached hydrogens (tertiary/aromatic N) is 2. The molecule has 0 spiro atoms. The Balaban J connectivity index is 1.38. The van der Waals surface area contributed by atoms with Crippen LogP contribution in [0.1, 0.15) is 55.3 Å². The molecule has 0 amide bonds. The smallest absolute Gasteiger partial charge is 0.417 e. The quantitative estimate of drug-likeness (QED) is 0.404. The molecule has 1 fully saturated rings. The van der Waals surface area contributed by atoms with Gasteiger partial charge in [0.25, 0.3) is 0 Å². The van der Waals surface area contributed by atoms with E-state index in [1.165, 1.54) is 25.3 Å². The summed E-state index contributed by atoms with van der Waals surface area (Å²) >= 11 is 6.05. The van der Waals surface area contributed by atoms with E-state index < -0.39 is 18.0 Å². The first kappa shape index (κ1) is 21.2. The number of allylic oxidation sites excluding steroid dienone is 1. The van der Waals surface area contributed by atoms with E-state index in [-0.39, 0.29) is 11.4 Å². The molecular formula is C24H22ClF3N2O2. The number of fused-ring (bicyclic) bond motifs is 1. The topological polar surface area (TPSA) is 36.3 Å². The summed E-state index contributed by atoms with van der Waals surface area (Å²) in [6.45, 7) is 1.95. The SMILES string of the molecule is CCC1=C(c2ccc3c(c2)ncn3C2CCC2)OC(Cc2cccc(C(F)(F)F)c2Cl)O1. The van der Waals surface area contributed by atoms with Crippen LogP contribution in [0.25, 0.3) is 16.8 Å². The van der Waals surface area contributed by atoms with Crippen LogP contribution in [-0.4, -0.2) is 15.8 Å². The largest absolute Gasteiger partial charge is 0.455 e. The van der Waals surface area contributed by atoms with E-state index >= 15 is 0 Å². The predicted octanol–water partition coefficient (Wildman–Crippen LogP) is 7.13. The Hall–Kier alpha value is -2.67. The first-order valence-electron chi connectivity index (χ1n) is 10.7. The van der Waals surface area contributed by atoms with Gasteiger partial charge in [-0.3, -0.25) is 0 Å². The molecule has 1 aliphatic heterocycles. The first-order chi connectivity index (χ1) is 15.3. The van der Waals surface area contributed by atoms with Gasteiger partial charge in [-0.25, -0.2) is 4.98 Å². The van der Waals surface area contributed by atoms with Crippen LogP contribution in [0.2, 0.25) is 5.02 Å². The van der Waals surface area contributed by atoms with Gasteiger partial charge in [0.05, 0.1) is 27.9 Å². The molecule has 8 heteroatoms. The highest BCUT2D eigenvalue weighted by molar-refractivity contribution is 6.32. The molecule has 4 nitrogen and oxygen atoms in total. The molecule has 0 N–H and O–H groups in total. The summed E-state index contributed by atoms with van der Waals surface area (Å²) in [5, 5.41) is -0.318. The number of hydrogen-bond donors (Lipinski definition) is 0. The summed E-state index contributed by atoms with van der Waals surface area (Å²) in [6.07, 6.45) is 0.926. The molecule has 1 unspecified atom stereocenters. The minimum absolute atomic E-state index is 0.105. The van der Waals surface area contributed by atoms with Crippen molar-refractivity contribution >= 4 is 28.4 Å². The van der Waals surface area contributed by atoms with E-state index in [4.69, 9.17) is 21.1 Å². The highest BCUT2D eigenvalue weighted by Crippen LogP contribution is 2.40. The van der Waals surface area contributed by atoms with E-state index in [1.807, 2.05) is 31.5 Å². The van der Waals surface area contributed by atoms with Gasteiger partial charge >= 0.3 is 6.18 Å². The van der Waals surface area contributed by atoms with E-state index in [0.717, 1.165) is 22.7 Å². The number of rotatable bonds is 5. The molecule has 5 rings (SSSR count). The summed E-state index contributed by atoms with van der Waals surface area (Å²) in [6, 6.07) is 10.4. The van der Waals surface area contributed by atoms with E-state index in [0.29, 0.717) is 29.5 Å². The highest BCUT2D eigenvalue weighted by Gasteiger charge is 2.35. The fraction of sp³-hybridized carbons (Fsp3) is 0.375. The first-order valence-corrected chi connectivity index (χ1v) is 11.1. The van der Waals surface area contributed by atoms with Gasteiger partial charge in [-0.1, -0.05) is 30.7 Å². The molecule has 32 heavy (non-hydrogen) atoms. The fourth-order valence-corrected chi connectivity index (χ4v) is 4.56. The Labute approximate surface area is 188 Å². The zero-order valence-corrected chi connectivity index (χ0v) is 18.2. The lowest BCUT2D eigenvalue weighted by atomic mass is 9.93. The van der Waals surface area contributed by atoms with Crippen molar-refractivity contribution in [2.24, 2.45) is 0 Å². The van der Waals surface area contributed by atoms with Crippen molar-refractivity contribution in [2.75, 3.05) is 0 Å². The van der Waals surface area contributed by atoms with Crippen LogP contribution in [-0.2, 0) is 22.1 Å². The van der Waals surface area contributed by atoms with Crippen molar-refractivity contribution in [2.45, 2.75) is 57.5 Å². The van der Waals surface area contributed by atoms with Crippen LogP contribution in [0.5, 0.6) is 0 Å². The Kier molecular flexibility index (Phi) is 5.32. The molecule has 2 heterocycles. The molecule has 2 aromatic carbocycles. The zero-order chi connectivity index (χ0) is 22.5. The Morgan fingerprint density at radius 3 is 2.66 bits per heavy atom. The summed E-state index contributed by atoms with van der Waals surface area (Å²) in [5.41, 5.74) is 2.28. The molecule has 1 atom stereocenters. The van der Waals surface area contributed by atoms with Crippen molar-refractivity contribution in [1.29, 1.82) is 0 Å². The Morgan fingerprint density at radius 1 is 1.16 bits per heavy atom. The lowest BCUT2D eigenvalue weighted by molar-refractivity contribution is -0.137. The van der Waals surface area contributed by atoms with Crippen LogP contribution < -0.4 is 0 Å². The summed E-state index contributed by atoms with van der Waals surface area (Å²) in [5.74, 6) is 1.26. The number of alkyl halides is 3. The van der Waals surface area contributed by atoms with Gasteiger partial charge < -0.3 is 14.0 Å². The van der Waals surface area contributed by atoms with Gasteiger partial charge in [-0.15, -0.1) is 0 Å². The maximum absolute atomic E-state index is 13.2. The lowest BCUT2D eigenvalue weighted by Gasteiger charge is -2.27. The molecule has 1 aliphatic carbocycles. The molecule has 0 saturated heterocycles. The molecule has 1 saturated carbocycles. The molecule has 2 aliphatic rings. The molecule has 0 bridgehead atoms. The number of benzene rings is 2. The standard InChI is InChI=1S/C24H22ClF3N2O2/c1-2-20-23(15-9-10-19-18(11-15)29-13-30(19)16-6-4-7-16)32-21(31-20)12-14-5-3-8-17(22(14)25)24(26,27)28/h3,5,8-11,13,16,21H,2,4,6-7,12H2,1H3. The minimum Gasteiger partial charge on any atom is -0.455 e. The average Bonchev–Trinajstić information content (AvgIpc) is 3.31. The van der Waals surface area contributed by atoms with Crippen LogP contribution in [0.4, 0.5) is 13.2 Å². The van der Waals surface area contributed by atoms with E-state index in [1.54, 1.807) is 6.07 Å². The van der Waals surface area contributed by atoms with Crippen LogP contribution in [0, 0.1) is 0 Å². The highest BCUT2D eigenvalue weighted by atomic mass is 35.5. The molecule has 1 aromatic heterocycles. The number of halogens is 4. The summed E-state index contributed by atoms with van der Waals surface area (Å²) in [4.78, 5) is 4.56. The summed E-state index contributed by atoms with van der Waals surface area (Å²) in [7, 11) is 0. The second kappa shape index (κ2) is 8.03. The van der Waals surface area contributed by atoms with Crippen molar-refractivity contribution < 1.29 is 22.6 Å². The molecular weight excluding hydrogens is 441 g/mol. The van der Waals surface area contributed by atoms with E-state index in [2.05, 4.69) is 9.55 Å². The average molecular weight is 463 g/mol. The van der Waals surface area contributed by atoms with Crippen molar-refractivity contribution in [3.63, 3.8) is 0 Å². The maximum Gasteiger partial charge on any atom is 0.417 e. The van der Waals surface area contributed by atoms with Gasteiger partial charge in [0, 0.05) is 24.4 Å². The third-order valence-corrected chi connectivity index (χ3v) is 6.62. The summed E-state index contributed by atoms with van der Waals surface area (Å²) < 4.78 is 53.8. The number of hydrogen-bond acceptors (Lipinski definition) is 3. The van der Waals surface area contributed by atoms with Crippen molar-refractivity contribution in [3.8, 4) is 0 Å². The van der Waals surface area contributed by atoms with Gasteiger partial charge in [-0.2, -0.15) is 13.2 Å². The third-order valence-electron chi connectivity index (χ3n) is 6.17. The van der Waals surface area contributed by atoms with Gasteiger partial charge in [0.2, 0.25) is 6.29 Å². The Bertz CT molecular complexity index is 1200. The molecule has 0 radical (unpaired) electrons. The lowest BCUT2D eigenvalue weighted by Crippen LogP contribution is -2.15. The van der Waals surface area contributed by atoms with Gasteiger partial charge in [0.1, 0.15) is 5.76 Å². The second-order valence-electron chi connectivity index (χ2n) is 8.19. The molecule has 3 aromatic rings. The number of ether oxygens (including phenoxy) is 2. The van der Waals surface area contributed by atoms with Crippen LogP contribution in [0.3, 0.4) is 0 Å². The zero-order valence-electron chi connectivity index (χ0n) is 17.5. The maximum atomic E-state index is 13.2.